The average molecular weight is 619 g/mol. The third kappa shape index (κ3) is 10.1. The maximum atomic E-state index is 12.3. The summed E-state index contributed by atoms with van der Waals surface area (Å²) in [6.45, 7) is 7.14. The normalized spacial score (nSPS) is 15.7. The number of rotatable bonds is 13. The monoisotopic (exact) mass is 618 g/mol. The molecule has 1 aromatic carbocycles. The molecule has 0 fully saturated rings. The number of likely N-dealkylation sites (N-methyl/N-ethyl adjacent to an activating group) is 1. The smallest absolute Gasteiger partial charge is 0.326 e. The number of amides is 1. The van der Waals surface area contributed by atoms with E-state index in [0.29, 0.717) is 31.2 Å². The summed E-state index contributed by atoms with van der Waals surface area (Å²) in [5, 5.41) is 26.6. The van der Waals surface area contributed by atoms with Gasteiger partial charge in [-0.3, -0.25) is 24.2 Å². The molecule has 242 valence electrons. The molecule has 0 aliphatic carbocycles. The molecule has 1 amide bonds. The molecule has 1 aliphatic heterocycles. The number of nitrogens with two attached hydrogens (primary N) is 2. The standard InChI is InChI=1S/C20H25N7O6.C8H17NO2/c1-27-12(9-23-16-15(27)18(31)26-20(21)25-16)8-22-11-4-2-10(3-5-11)17(30)24-13(19(32)33)6-7-14(28)29;1-4-6(3)7(9)8(10)11-5-2/h2-5,12-13,22H,6-9H2,1H3,(H,24,30)(H,28,29)(H,32,33)(H4,21,23,25,26,31);6-7H,4-5,9H2,1-3H3/t12-,13?;/m0./s1. The van der Waals surface area contributed by atoms with Crippen molar-refractivity contribution in [1.82, 2.24) is 15.3 Å². The fraction of sp³-hybridized carbons (Fsp3) is 0.500. The fourth-order valence-corrected chi connectivity index (χ4v) is 4.14. The third-order valence-corrected chi connectivity index (χ3v) is 7.07. The van der Waals surface area contributed by atoms with E-state index in [2.05, 4.69) is 25.9 Å². The van der Waals surface area contributed by atoms with Crippen LogP contribution in [0, 0.1) is 5.92 Å². The molecule has 2 aromatic rings. The van der Waals surface area contributed by atoms with Crippen LogP contribution in [0.15, 0.2) is 29.1 Å². The van der Waals surface area contributed by atoms with Gasteiger partial charge in [0.1, 0.15) is 17.8 Å². The molecule has 4 atom stereocenters. The number of anilines is 4. The summed E-state index contributed by atoms with van der Waals surface area (Å²) in [5.74, 6) is -2.68. The van der Waals surface area contributed by atoms with E-state index in [0.717, 1.165) is 12.1 Å². The number of carbonyl (C=O) groups is 4. The van der Waals surface area contributed by atoms with Gasteiger partial charge in [-0.2, -0.15) is 4.98 Å². The SMILES string of the molecule is CCOC(=O)C(N)C(C)CC.CN1c2c(nc(N)[nH]c2=O)NC[C@@H]1CNc1ccc(C(=O)NC(CCC(=O)O)C(=O)O)cc1. The van der Waals surface area contributed by atoms with Crippen molar-refractivity contribution in [3.63, 3.8) is 0 Å². The number of carbonyl (C=O) groups excluding carboxylic acids is 2. The highest BCUT2D eigenvalue weighted by atomic mass is 16.5. The predicted octanol–water partition coefficient (Wildman–Crippen LogP) is 0.665. The van der Waals surface area contributed by atoms with Crippen LogP contribution < -0.4 is 37.9 Å². The van der Waals surface area contributed by atoms with E-state index in [1.165, 1.54) is 12.1 Å². The Labute approximate surface area is 254 Å². The van der Waals surface area contributed by atoms with Crippen LogP contribution in [0.1, 0.15) is 50.4 Å². The summed E-state index contributed by atoms with van der Waals surface area (Å²) >= 11 is 0. The number of esters is 1. The summed E-state index contributed by atoms with van der Waals surface area (Å²) in [4.78, 5) is 65.9. The minimum absolute atomic E-state index is 0.0388. The fourth-order valence-electron chi connectivity index (χ4n) is 4.14. The first-order valence-electron chi connectivity index (χ1n) is 14.2. The first-order valence-corrected chi connectivity index (χ1v) is 14.2. The molecule has 1 aromatic heterocycles. The number of carboxylic acid groups (broad SMARTS) is 2. The van der Waals surface area contributed by atoms with Crippen molar-refractivity contribution in [2.45, 2.75) is 58.2 Å². The van der Waals surface area contributed by atoms with Gasteiger partial charge in [-0.15, -0.1) is 0 Å². The molecule has 0 spiro atoms. The Morgan fingerprint density at radius 3 is 2.41 bits per heavy atom. The molecule has 0 radical (unpaired) electrons. The number of carboxylic acids is 2. The van der Waals surface area contributed by atoms with E-state index >= 15 is 0 Å². The number of nitrogens with zero attached hydrogens (tertiary/aromatic N) is 2. The van der Waals surface area contributed by atoms with E-state index in [-0.39, 0.29) is 47.8 Å². The van der Waals surface area contributed by atoms with Crippen molar-refractivity contribution in [2.75, 3.05) is 48.0 Å². The van der Waals surface area contributed by atoms with Crippen LogP contribution in [-0.4, -0.2) is 88.9 Å². The first kappa shape index (κ1) is 35.3. The van der Waals surface area contributed by atoms with E-state index < -0.39 is 29.9 Å². The second-order valence-corrected chi connectivity index (χ2v) is 10.2. The zero-order chi connectivity index (χ0) is 33.0. The van der Waals surface area contributed by atoms with Gasteiger partial charge >= 0.3 is 17.9 Å². The molecule has 2 heterocycles. The second-order valence-electron chi connectivity index (χ2n) is 10.2. The summed E-state index contributed by atoms with van der Waals surface area (Å²) in [5.41, 5.74) is 12.2. The first-order chi connectivity index (χ1) is 20.8. The number of hydrogen-bond acceptors (Lipinski definition) is 12. The van der Waals surface area contributed by atoms with Crippen LogP contribution in [0.3, 0.4) is 0 Å². The van der Waals surface area contributed by atoms with Gasteiger partial charge < -0.3 is 47.3 Å². The zero-order valence-electron chi connectivity index (χ0n) is 25.3. The van der Waals surface area contributed by atoms with Crippen LogP contribution in [0.25, 0.3) is 0 Å². The van der Waals surface area contributed by atoms with E-state index in [1.807, 2.05) is 18.7 Å². The summed E-state index contributed by atoms with van der Waals surface area (Å²) < 4.78 is 4.76. The van der Waals surface area contributed by atoms with Gasteiger partial charge in [0, 0.05) is 37.8 Å². The Hall–Kier alpha value is -4.86. The highest BCUT2D eigenvalue weighted by Crippen LogP contribution is 2.25. The van der Waals surface area contributed by atoms with Crippen molar-refractivity contribution >= 4 is 47.0 Å². The second kappa shape index (κ2) is 16.7. The molecule has 16 heteroatoms. The van der Waals surface area contributed by atoms with E-state index in [1.54, 1.807) is 26.1 Å². The number of aromatic amines is 1. The highest BCUT2D eigenvalue weighted by molar-refractivity contribution is 5.97. The molecule has 0 saturated heterocycles. The number of H-pyrrole nitrogens is 1. The lowest BCUT2D eigenvalue weighted by Crippen LogP contribution is -2.48. The highest BCUT2D eigenvalue weighted by Gasteiger charge is 2.27. The Morgan fingerprint density at radius 2 is 1.84 bits per heavy atom. The quantitative estimate of drug-likeness (QED) is 0.144. The van der Waals surface area contributed by atoms with Gasteiger partial charge in [0.25, 0.3) is 11.5 Å². The summed E-state index contributed by atoms with van der Waals surface area (Å²) in [6, 6.07) is 4.57. The molecule has 3 rings (SSSR count). The number of nitrogens with one attached hydrogen (secondary N) is 4. The molecule has 0 bridgehead atoms. The minimum atomic E-state index is -1.30. The van der Waals surface area contributed by atoms with Gasteiger partial charge in [0.2, 0.25) is 5.95 Å². The number of benzene rings is 1. The Kier molecular flexibility index (Phi) is 13.4. The van der Waals surface area contributed by atoms with Crippen molar-refractivity contribution in [3.05, 3.63) is 40.2 Å². The number of aromatic nitrogens is 2. The van der Waals surface area contributed by atoms with Crippen LogP contribution in [-0.2, 0) is 19.1 Å². The average Bonchev–Trinajstić information content (AvgIpc) is 2.98. The Morgan fingerprint density at radius 1 is 1.18 bits per heavy atom. The number of hydrogen-bond donors (Lipinski definition) is 8. The van der Waals surface area contributed by atoms with Gasteiger partial charge in [-0.05, 0) is 43.5 Å². The molecule has 10 N–H and O–H groups in total. The van der Waals surface area contributed by atoms with Gasteiger partial charge in [-0.25, -0.2) is 4.79 Å². The van der Waals surface area contributed by atoms with Gasteiger partial charge in [0.15, 0.2) is 5.82 Å². The van der Waals surface area contributed by atoms with Crippen molar-refractivity contribution in [3.8, 4) is 0 Å². The number of fused-ring (bicyclic) bond motifs is 1. The Bertz CT molecular complexity index is 1350. The van der Waals surface area contributed by atoms with Gasteiger partial charge in [-0.1, -0.05) is 20.3 Å². The molecular weight excluding hydrogens is 576 g/mol. The maximum absolute atomic E-state index is 12.3. The molecule has 0 saturated carbocycles. The minimum Gasteiger partial charge on any atom is -0.481 e. The van der Waals surface area contributed by atoms with E-state index in [9.17, 15) is 29.1 Å². The maximum Gasteiger partial charge on any atom is 0.326 e. The molecule has 16 nitrogen and oxygen atoms in total. The van der Waals surface area contributed by atoms with Crippen molar-refractivity contribution < 1.29 is 34.1 Å². The summed E-state index contributed by atoms with van der Waals surface area (Å²) in [6.07, 6.45) is 0.317. The number of ether oxygens (including phenoxy) is 1. The predicted molar refractivity (Wildman–Crippen MR) is 165 cm³/mol. The molecule has 3 unspecified atom stereocenters. The number of aliphatic carboxylic acids is 2. The van der Waals surface area contributed by atoms with Crippen molar-refractivity contribution in [1.29, 1.82) is 0 Å². The lowest BCUT2D eigenvalue weighted by atomic mass is 10.0. The van der Waals surface area contributed by atoms with Crippen LogP contribution in [0.2, 0.25) is 0 Å². The molecule has 1 aliphatic rings. The van der Waals surface area contributed by atoms with Crippen LogP contribution >= 0.6 is 0 Å². The van der Waals surface area contributed by atoms with Crippen LogP contribution in [0.5, 0.6) is 0 Å². The van der Waals surface area contributed by atoms with Crippen molar-refractivity contribution in [2.24, 2.45) is 11.7 Å². The lowest BCUT2D eigenvalue weighted by Gasteiger charge is -2.35. The largest absolute Gasteiger partial charge is 0.481 e. The van der Waals surface area contributed by atoms with Gasteiger partial charge in [0.05, 0.1) is 12.6 Å². The van der Waals surface area contributed by atoms with E-state index in [4.69, 9.17) is 21.3 Å². The molecular formula is C28H42N8O8. The Balaban J connectivity index is 0.000000523. The summed E-state index contributed by atoms with van der Waals surface area (Å²) in [7, 11) is 1.79. The van der Waals surface area contributed by atoms with Crippen LogP contribution in [0.4, 0.5) is 23.1 Å². The zero-order valence-corrected chi connectivity index (χ0v) is 25.3. The molecule has 44 heavy (non-hydrogen) atoms. The third-order valence-electron chi connectivity index (χ3n) is 7.07. The topological polar surface area (TPSA) is 255 Å². The lowest BCUT2D eigenvalue weighted by molar-refractivity contribution is -0.146. The number of nitrogen functional groups attached to an aromatic ring is 1.